The molecule has 0 amide bonds. The standard InChI is InChI=1S/C21H32O/c1-3-12-21-14-11-17-16(18(21)9-10-19(21)22)8-7-15-6-4-5-13-20(15,17)2/h7,16-18H,3-6,8-14H2,1-2H3/t16-,17+,18+,20+,21+/m1/s1. The van der Waals surface area contributed by atoms with Crippen molar-refractivity contribution < 1.29 is 4.79 Å². The Labute approximate surface area is 135 Å². The van der Waals surface area contributed by atoms with Gasteiger partial charge in [0.15, 0.2) is 0 Å². The van der Waals surface area contributed by atoms with E-state index in [4.69, 9.17) is 0 Å². The number of fused-ring (bicyclic) bond motifs is 5. The van der Waals surface area contributed by atoms with E-state index in [9.17, 15) is 4.79 Å². The predicted molar refractivity (Wildman–Crippen MR) is 90.6 cm³/mol. The maximum atomic E-state index is 12.7. The Kier molecular flexibility index (Phi) is 3.55. The molecule has 5 atom stereocenters. The van der Waals surface area contributed by atoms with Gasteiger partial charge in [-0.25, -0.2) is 0 Å². The van der Waals surface area contributed by atoms with Crippen molar-refractivity contribution in [3.8, 4) is 0 Å². The Hall–Kier alpha value is -0.590. The van der Waals surface area contributed by atoms with Gasteiger partial charge in [0.2, 0.25) is 0 Å². The summed E-state index contributed by atoms with van der Waals surface area (Å²) in [6.07, 6.45) is 16.4. The third-order valence-corrected chi connectivity index (χ3v) is 8.16. The van der Waals surface area contributed by atoms with E-state index in [0.717, 1.165) is 24.7 Å². The van der Waals surface area contributed by atoms with Gasteiger partial charge >= 0.3 is 0 Å². The molecule has 4 aliphatic rings. The molecular weight excluding hydrogens is 268 g/mol. The van der Waals surface area contributed by atoms with Crippen LogP contribution in [0.25, 0.3) is 0 Å². The minimum Gasteiger partial charge on any atom is -0.299 e. The van der Waals surface area contributed by atoms with Crippen LogP contribution in [-0.4, -0.2) is 5.78 Å². The number of rotatable bonds is 2. The molecule has 1 heteroatoms. The van der Waals surface area contributed by atoms with E-state index in [2.05, 4.69) is 19.9 Å². The summed E-state index contributed by atoms with van der Waals surface area (Å²) in [5, 5.41) is 0. The van der Waals surface area contributed by atoms with Crippen LogP contribution < -0.4 is 0 Å². The van der Waals surface area contributed by atoms with Crippen molar-refractivity contribution in [1.82, 2.24) is 0 Å². The normalized spacial score (nSPS) is 47.5. The van der Waals surface area contributed by atoms with E-state index in [1.807, 2.05) is 0 Å². The molecular formula is C21H32O. The lowest BCUT2D eigenvalue weighted by atomic mass is 9.47. The second-order valence-corrected chi connectivity index (χ2v) is 8.87. The summed E-state index contributed by atoms with van der Waals surface area (Å²) in [5.74, 6) is 3.00. The molecule has 0 aliphatic heterocycles. The summed E-state index contributed by atoms with van der Waals surface area (Å²) >= 11 is 0. The van der Waals surface area contributed by atoms with Crippen molar-refractivity contribution in [1.29, 1.82) is 0 Å². The van der Waals surface area contributed by atoms with Crippen LogP contribution in [0.15, 0.2) is 11.6 Å². The Morgan fingerprint density at radius 2 is 2.00 bits per heavy atom. The molecule has 0 aromatic carbocycles. The van der Waals surface area contributed by atoms with Crippen LogP contribution in [0, 0.1) is 28.6 Å². The molecule has 122 valence electrons. The minimum atomic E-state index is 0.0896. The van der Waals surface area contributed by atoms with E-state index in [0.29, 0.717) is 17.1 Å². The summed E-state index contributed by atoms with van der Waals surface area (Å²) in [4.78, 5) is 12.7. The first-order valence-corrected chi connectivity index (χ1v) is 9.84. The van der Waals surface area contributed by atoms with Gasteiger partial charge in [-0.2, -0.15) is 0 Å². The lowest BCUT2D eigenvalue weighted by Crippen LogP contribution is -2.50. The molecule has 0 spiro atoms. The number of carbonyl (C=O) groups excluding carboxylic acids is 1. The third-order valence-electron chi connectivity index (χ3n) is 8.16. The van der Waals surface area contributed by atoms with Crippen LogP contribution in [0.5, 0.6) is 0 Å². The van der Waals surface area contributed by atoms with Gasteiger partial charge in [0.05, 0.1) is 0 Å². The second-order valence-electron chi connectivity index (χ2n) is 8.87. The number of carbonyl (C=O) groups is 1. The fourth-order valence-electron chi connectivity index (χ4n) is 7.18. The van der Waals surface area contributed by atoms with Crippen LogP contribution in [0.4, 0.5) is 0 Å². The molecule has 0 bridgehead atoms. The highest BCUT2D eigenvalue weighted by molar-refractivity contribution is 5.87. The van der Waals surface area contributed by atoms with E-state index in [1.54, 1.807) is 5.57 Å². The monoisotopic (exact) mass is 300 g/mol. The average molecular weight is 300 g/mol. The van der Waals surface area contributed by atoms with Crippen molar-refractivity contribution in [2.75, 3.05) is 0 Å². The zero-order valence-corrected chi connectivity index (χ0v) is 14.5. The van der Waals surface area contributed by atoms with E-state index >= 15 is 0 Å². The lowest BCUT2D eigenvalue weighted by molar-refractivity contribution is -0.134. The Morgan fingerprint density at radius 1 is 1.14 bits per heavy atom. The predicted octanol–water partition coefficient (Wildman–Crippen LogP) is 5.69. The fraction of sp³-hybridized carbons (Fsp3) is 0.857. The van der Waals surface area contributed by atoms with E-state index in [1.165, 1.54) is 57.8 Å². The summed E-state index contributed by atoms with van der Waals surface area (Å²) in [6, 6.07) is 0. The number of Topliss-reactive ketones (excluding diaryl/α,β-unsaturated/α-hetero) is 1. The van der Waals surface area contributed by atoms with E-state index < -0.39 is 0 Å². The Morgan fingerprint density at radius 3 is 2.82 bits per heavy atom. The SMILES string of the molecule is CCC[C@]12CC[C@H]3[C@@H](CC=C4CCCC[C@@]43C)[C@@H]1CCC2=O. The highest BCUT2D eigenvalue weighted by Gasteiger charge is 2.59. The zero-order chi connectivity index (χ0) is 15.4. The van der Waals surface area contributed by atoms with Crippen molar-refractivity contribution in [2.45, 2.75) is 84.5 Å². The van der Waals surface area contributed by atoms with Crippen LogP contribution in [-0.2, 0) is 4.79 Å². The molecule has 0 N–H and O–H groups in total. The molecule has 0 heterocycles. The highest BCUT2D eigenvalue weighted by atomic mass is 16.1. The van der Waals surface area contributed by atoms with Gasteiger partial charge in [-0.1, -0.05) is 38.3 Å². The van der Waals surface area contributed by atoms with Crippen molar-refractivity contribution >= 4 is 5.78 Å². The first-order chi connectivity index (χ1) is 10.6. The van der Waals surface area contributed by atoms with Gasteiger partial charge in [0, 0.05) is 11.8 Å². The van der Waals surface area contributed by atoms with Crippen molar-refractivity contribution in [3.05, 3.63) is 11.6 Å². The van der Waals surface area contributed by atoms with Crippen molar-refractivity contribution in [3.63, 3.8) is 0 Å². The molecule has 4 rings (SSSR count). The largest absolute Gasteiger partial charge is 0.299 e. The summed E-state index contributed by atoms with van der Waals surface area (Å²) in [5.41, 5.74) is 2.35. The molecule has 0 saturated heterocycles. The number of allylic oxidation sites excluding steroid dienone is 2. The molecule has 3 fully saturated rings. The van der Waals surface area contributed by atoms with Crippen LogP contribution in [0.3, 0.4) is 0 Å². The van der Waals surface area contributed by atoms with Gasteiger partial charge in [0.1, 0.15) is 5.78 Å². The molecule has 3 saturated carbocycles. The molecule has 0 aromatic rings. The van der Waals surface area contributed by atoms with Gasteiger partial charge in [-0.3, -0.25) is 4.79 Å². The number of hydrogen-bond acceptors (Lipinski definition) is 1. The Bertz CT molecular complexity index is 504. The fourth-order valence-corrected chi connectivity index (χ4v) is 7.18. The molecule has 4 aliphatic carbocycles. The second kappa shape index (κ2) is 5.21. The van der Waals surface area contributed by atoms with Gasteiger partial charge in [-0.15, -0.1) is 0 Å². The van der Waals surface area contributed by atoms with Crippen LogP contribution in [0.2, 0.25) is 0 Å². The van der Waals surface area contributed by atoms with E-state index in [-0.39, 0.29) is 5.41 Å². The van der Waals surface area contributed by atoms with Gasteiger partial charge in [-0.05, 0) is 74.5 Å². The summed E-state index contributed by atoms with van der Waals surface area (Å²) in [7, 11) is 0. The average Bonchev–Trinajstić information content (AvgIpc) is 2.84. The van der Waals surface area contributed by atoms with Gasteiger partial charge < -0.3 is 0 Å². The molecule has 22 heavy (non-hydrogen) atoms. The quantitative estimate of drug-likeness (QED) is 0.599. The number of ketones is 1. The minimum absolute atomic E-state index is 0.0896. The molecule has 0 unspecified atom stereocenters. The van der Waals surface area contributed by atoms with Gasteiger partial charge in [0.25, 0.3) is 0 Å². The molecule has 1 nitrogen and oxygen atoms in total. The zero-order valence-electron chi connectivity index (χ0n) is 14.5. The van der Waals surface area contributed by atoms with Crippen LogP contribution in [0.1, 0.15) is 84.5 Å². The van der Waals surface area contributed by atoms with Crippen molar-refractivity contribution in [2.24, 2.45) is 28.6 Å². The summed E-state index contributed by atoms with van der Waals surface area (Å²) in [6.45, 7) is 4.84. The maximum absolute atomic E-state index is 12.7. The number of hydrogen-bond donors (Lipinski definition) is 0. The summed E-state index contributed by atoms with van der Waals surface area (Å²) < 4.78 is 0. The Balaban J connectivity index is 1.69. The molecule has 0 aromatic heterocycles. The smallest absolute Gasteiger partial charge is 0.139 e. The first kappa shape index (κ1) is 15.0. The van der Waals surface area contributed by atoms with Crippen LogP contribution >= 0.6 is 0 Å². The molecule has 0 radical (unpaired) electrons. The lowest BCUT2D eigenvalue weighted by Gasteiger charge is -2.57. The topological polar surface area (TPSA) is 17.1 Å². The third kappa shape index (κ3) is 1.86. The first-order valence-electron chi connectivity index (χ1n) is 9.84. The highest BCUT2D eigenvalue weighted by Crippen LogP contribution is 2.65. The maximum Gasteiger partial charge on any atom is 0.139 e.